The quantitative estimate of drug-likeness (QED) is 0.488. The predicted octanol–water partition coefficient (Wildman–Crippen LogP) is 5.16. The van der Waals surface area contributed by atoms with Crippen molar-refractivity contribution in [2.24, 2.45) is 0 Å². The summed E-state index contributed by atoms with van der Waals surface area (Å²) in [6.45, 7) is 2.13. The summed E-state index contributed by atoms with van der Waals surface area (Å²) in [7, 11) is 0. The third kappa shape index (κ3) is 7.83. The number of aryl methyl sites for hydroxylation is 1. The molecule has 0 radical (unpaired) electrons. The molecule has 0 fully saturated rings. The van der Waals surface area contributed by atoms with E-state index in [2.05, 4.69) is 10.6 Å². The summed E-state index contributed by atoms with van der Waals surface area (Å²) in [5.74, 6) is 0.893. The minimum Gasteiger partial charge on any atom is -0.445 e. The molecule has 0 saturated heterocycles. The molecule has 160 valence electrons. The second-order valence-electron chi connectivity index (χ2n) is 7.11. The molecule has 6 heteroatoms. The van der Waals surface area contributed by atoms with Gasteiger partial charge in [0.15, 0.2) is 0 Å². The van der Waals surface area contributed by atoms with E-state index in [1.807, 2.05) is 91.9 Å². The Kier molecular flexibility index (Phi) is 8.55. The van der Waals surface area contributed by atoms with Crippen LogP contribution < -0.4 is 10.6 Å². The van der Waals surface area contributed by atoms with Gasteiger partial charge in [0.1, 0.15) is 12.6 Å². The van der Waals surface area contributed by atoms with Gasteiger partial charge in [-0.05, 0) is 30.2 Å². The third-order valence-electron chi connectivity index (χ3n) is 4.54. The van der Waals surface area contributed by atoms with Crippen molar-refractivity contribution in [1.29, 1.82) is 0 Å². The van der Waals surface area contributed by atoms with Crippen LogP contribution in [0.3, 0.4) is 0 Å². The molecule has 0 aliphatic carbocycles. The smallest absolute Gasteiger partial charge is 0.408 e. The first-order valence-corrected chi connectivity index (χ1v) is 11.2. The van der Waals surface area contributed by atoms with E-state index < -0.39 is 12.1 Å². The van der Waals surface area contributed by atoms with Gasteiger partial charge in [0.05, 0.1) is 0 Å². The number of rotatable bonds is 9. The number of alkyl carbamates (subject to hydrolysis) is 1. The van der Waals surface area contributed by atoms with Crippen LogP contribution in [0.25, 0.3) is 0 Å². The largest absolute Gasteiger partial charge is 0.445 e. The fourth-order valence-electron chi connectivity index (χ4n) is 2.83. The monoisotopic (exact) mass is 434 g/mol. The van der Waals surface area contributed by atoms with E-state index in [1.54, 1.807) is 11.8 Å². The lowest BCUT2D eigenvalue weighted by Gasteiger charge is -2.18. The number of hydrogen-bond acceptors (Lipinski definition) is 4. The van der Waals surface area contributed by atoms with E-state index in [0.29, 0.717) is 11.4 Å². The minimum atomic E-state index is -0.724. The van der Waals surface area contributed by atoms with Crippen molar-refractivity contribution in [3.05, 3.63) is 102 Å². The molecule has 3 rings (SSSR count). The molecule has 0 bridgehead atoms. The molecule has 2 amide bonds. The SMILES string of the molecule is Cc1ccc(NC(=O)C(CSCc2ccccc2)NC(=O)OCc2ccccc2)cc1. The van der Waals surface area contributed by atoms with E-state index in [-0.39, 0.29) is 12.5 Å². The number of thioether (sulfide) groups is 1. The Morgan fingerprint density at radius 3 is 2.13 bits per heavy atom. The van der Waals surface area contributed by atoms with Crippen molar-refractivity contribution in [2.45, 2.75) is 25.3 Å². The highest BCUT2D eigenvalue weighted by Gasteiger charge is 2.22. The molecule has 5 nitrogen and oxygen atoms in total. The maximum atomic E-state index is 12.9. The topological polar surface area (TPSA) is 67.4 Å². The summed E-state index contributed by atoms with van der Waals surface area (Å²) in [5, 5.41) is 5.59. The number of carbonyl (C=O) groups excluding carboxylic acids is 2. The number of anilines is 1. The van der Waals surface area contributed by atoms with Crippen molar-refractivity contribution in [1.82, 2.24) is 5.32 Å². The molecule has 0 spiro atoms. The highest BCUT2D eigenvalue weighted by atomic mass is 32.2. The maximum absolute atomic E-state index is 12.9. The van der Waals surface area contributed by atoms with Crippen LogP contribution in [0, 0.1) is 6.92 Å². The van der Waals surface area contributed by atoms with Gasteiger partial charge in [0.2, 0.25) is 5.91 Å². The van der Waals surface area contributed by atoms with Gasteiger partial charge in [0.25, 0.3) is 0 Å². The number of nitrogens with one attached hydrogen (secondary N) is 2. The number of hydrogen-bond donors (Lipinski definition) is 2. The zero-order valence-corrected chi connectivity index (χ0v) is 18.2. The Morgan fingerprint density at radius 2 is 1.48 bits per heavy atom. The minimum absolute atomic E-state index is 0.149. The number of ether oxygens (including phenoxy) is 1. The molecule has 1 atom stereocenters. The first-order chi connectivity index (χ1) is 15.1. The maximum Gasteiger partial charge on any atom is 0.408 e. The molecular weight excluding hydrogens is 408 g/mol. The summed E-state index contributed by atoms with van der Waals surface area (Å²) in [6.07, 6.45) is -0.617. The van der Waals surface area contributed by atoms with Crippen LogP contribution in [0.1, 0.15) is 16.7 Å². The fourth-order valence-corrected chi connectivity index (χ4v) is 3.84. The van der Waals surface area contributed by atoms with Crippen LogP contribution in [0.15, 0.2) is 84.9 Å². The average Bonchev–Trinajstić information content (AvgIpc) is 2.80. The lowest BCUT2D eigenvalue weighted by Crippen LogP contribution is -2.45. The normalized spacial score (nSPS) is 11.4. The lowest BCUT2D eigenvalue weighted by molar-refractivity contribution is -0.117. The van der Waals surface area contributed by atoms with Crippen LogP contribution in [0.2, 0.25) is 0 Å². The number of benzene rings is 3. The van der Waals surface area contributed by atoms with Gasteiger partial charge in [-0.15, -0.1) is 0 Å². The molecule has 3 aromatic rings. The summed E-state index contributed by atoms with van der Waals surface area (Å²) < 4.78 is 5.30. The van der Waals surface area contributed by atoms with Gasteiger partial charge < -0.3 is 15.4 Å². The van der Waals surface area contributed by atoms with Crippen molar-refractivity contribution in [2.75, 3.05) is 11.1 Å². The van der Waals surface area contributed by atoms with E-state index in [4.69, 9.17) is 4.74 Å². The van der Waals surface area contributed by atoms with Crippen molar-refractivity contribution in [3.63, 3.8) is 0 Å². The van der Waals surface area contributed by atoms with Crippen molar-refractivity contribution < 1.29 is 14.3 Å². The van der Waals surface area contributed by atoms with Crippen LogP contribution >= 0.6 is 11.8 Å². The van der Waals surface area contributed by atoms with E-state index in [9.17, 15) is 9.59 Å². The number of carbonyl (C=O) groups is 2. The van der Waals surface area contributed by atoms with Gasteiger partial charge in [-0.3, -0.25) is 4.79 Å². The molecule has 3 aromatic carbocycles. The molecule has 0 aliphatic rings. The van der Waals surface area contributed by atoms with E-state index in [0.717, 1.165) is 22.4 Å². The predicted molar refractivity (Wildman–Crippen MR) is 126 cm³/mol. The second kappa shape index (κ2) is 11.8. The second-order valence-corrected chi connectivity index (χ2v) is 8.14. The van der Waals surface area contributed by atoms with Gasteiger partial charge in [0, 0.05) is 17.2 Å². The first-order valence-electron chi connectivity index (χ1n) is 10.1. The summed E-state index contributed by atoms with van der Waals surface area (Å²) in [5.41, 5.74) is 3.84. The van der Waals surface area contributed by atoms with Gasteiger partial charge in [-0.2, -0.15) is 11.8 Å². The molecule has 2 N–H and O–H groups in total. The Balaban J connectivity index is 1.58. The van der Waals surface area contributed by atoms with Crippen LogP contribution in [-0.2, 0) is 21.9 Å². The van der Waals surface area contributed by atoms with Crippen molar-refractivity contribution in [3.8, 4) is 0 Å². The Labute approximate surface area is 187 Å². The first kappa shape index (κ1) is 22.4. The van der Waals surface area contributed by atoms with E-state index in [1.165, 1.54) is 0 Å². The zero-order valence-electron chi connectivity index (χ0n) is 17.4. The lowest BCUT2D eigenvalue weighted by atomic mass is 10.2. The Hall–Kier alpha value is -3.25. The number of amides is 2. The fraction of sp³-hybridized carbons (Fsp3) is 0.200. The highest BCUT2D eigenvalue weighted by molar-refractivity contribution is 7.98. The van der Waals surface area contributed by atoms with Gasteiger partial charge in [-0.1, -0.05) is 78.4 Å². The molecule has 1 unspecified atom stereocenters. The molecule has 0 aliphatic heterocycles. The van der Waals surface area contributed by atoms with Gasteiger partial charge >= 0.3 is 6.09 Å². The summed E-state index contributed by atoms with van der Waals surface area (Å²) in [4.78, 5) is 25.2. The van der Waals surface area contributed by atoms with Gasteiger partial charge in [-0.25, -0.2) is 4.79 Å². The summed E-state index contributed by atoms with van der Waals surface area (Å²) >= 11 is 1.58. The van der Waals surface area contributed by atoms with Crippen LogP contribution in [-0.4, -0.2) is 23.8 Å². The standard InChI is InChI=1S/C25H26N2O3S/c1-19-12-14-22(15-13-19)26-24(28)23(18-31-17-21-10-6-3-7-11-21)27-25(29)30-16-20-8-4-2-5-9-20/h2-15,23H,16-18H2,1H3,(H,26,28)(H,27,29). The molecule has 31 heavy (non-hydrogen) atoms. The highest BCUT2D eigenvalue weighted by Crippen LogP contribution is 2.15. The molecule has 0 saturated carbocycles. The van der Waals surface area contributed by atoms with Crippen LogP contribution in [0.4, 0.5) is 10.5 Å². The molecule has 0 aromatic heterocycles. The summed E-state index contributed by atoms with van der Waals surface area (Å²) in [6, 6.07) is 26.3. The Bertz CT molecular complexity index is 963. The average molecular weight is 435 g/mol. The third-order valence-corrected chi connectivity index (χ3v) is 5.64. The molecular formula is C25H26N2O3S. The Morgan fingerprint density at radius 1 is 0.871 bits per heavy atom. The van der Waals surface area contributed by atoms with Crippen LogP contribution in [0.5, 0.6) is 0 Å². The van der Waals surface area contributed by atoms with E-state index >= 15 is 0 Å². The zero-order chi connectivity index (χ0) is 21.9. The van der Waals surface area contributed by atoms with Crippen molar-refractivity contribution >= 4 is 29.4 Å². The molecule has 0 heterocycles.